The molecule has 0 bridgehead atoms. The van der Waals surface area contributed by atoms with Gasteiger partial charge in [-0.2, -0.15) is 0 Å². The molecule has 0 amide bonds. The number of imidazole rings is 1. The lowest BCUT2D eigenvalue weighted by Crippen LogP contribution is -2.01. The summed E-state index contributed by atoms with van der Waals surface area (Å²) in [6.45, 7) is 3.28. The Morgan fingerprint density at radius 3 is 2.92 bits per heavy atom. The molecule has 13 heavy (non-hydrogen) atoms. The second-order valence-corrected chi connectivity index (χ2v) is 3.50. The van der Waals surface area contributed by atoms with Gasteiger partial charge in [0.15, 0.2) is 0 Å². The predicted octanol–water partition coefficient (Wildman–Crippen LogP) is 3.20. The van der Waals surface area contributed by atoms with E-state index in [4.69, 9.17) is 11.6 Å². The minimum absolute atomic E-state index is 0.515. The van der Waals surface area contributed by atoms with Gasteiger partial charge in [0.25, 0.3) is 0 Å². The van der Waals surface area contributed by atoms with Gasteiger partial charge in [-0.3, -0.25) is 0 Å². The number of alkyl halides is 1. The van der Waals surface area contributed by atoms with Gasteiger partial charge in [0.2, 0.25) is 0 Å². The largest absolute Gasteiger partial charge is 0.334 e. The van der Waals surface area contributed by atoms with Crippen LogP contribution in [0.25, 0.3) is 0 Å². The van der Waals surface area contributed by atoms with Gasteiger partial charge >= 0.3 is 0 Å². The lowest BCUT2D eigenvalue weighted by atomic mass is 10.2. The Morgan fingerprint density at radius 2 is 2.23 bits per heavy atom. The second kappa shape index (κ2) is 6.03. The molecule has 0 fully saturated rings. The number of aromatic nitrogens is 2. The first-order valence-corrected chi connectivity index (χ1v) is 5.48. The van der Waals surface area contributed by atoms with Crippen LogP contribution in [-0.4, -0.2) is 9.55 Å². The summed E-state index contributed by atoms with van der Waals surface area (Å²) in [4.78, 5) is 4.16. The van der Waals surface area contributed by atoms with E-state index in [1.54, 1.807) is 0 Å². The highest BCUT2D eigenvalue weighted by Gasteiger charge is 1.99. The van der Waals surface area contributed by atoms with Crippen LogP contribution in [0.2, 0.25) is 0 Å². The highest BCUT2D eigenvalue weighted by molar-refractivity contribution is 6.16. The van der Waals surface area contributed by atoms with E-state index < -0.39 is 0 Å². The van der Waals surface area contributed by atoms with Crippen LogP contribution in [0.15, 0.2) is 12.4 Å². The van der Waals surface area contributed by atoms with E-state index in [1.165, 1.54) is 25.7 Å². The monoisotopic (exact) mass is 200 g/mol. The SMILES string of the molecule is CCCCCCn1ccnc1CCl. The molecule has 0 saturated carbocycles. The zero-order valence-electron chi connectivity index (χ0n) is 8.17. The lowest BCUT2D eigenvalue weighted by Gasteiger charge is -2.04. The van der Waals surface area contributed by atoms with Gasteiger partial charge in [-0.1, -0.05) is 26.2 Å². The summed E-state index contributed by atoms with van der Waals surface area (Å²) < 4.78 is 2.14. The third kappa shape index (κ3) is 3.39. The predicted molar refractivity (Wildman–Crippen MR) is 55.9 cm³/mol. The number of unbranched alkanes of at least 4 members (excludes halogenated alkanes) is 3. The van der Waals surface area contributed by atoms with Crippen LogP contribution >= 0.6 is 11.6 Å². The van der Waals surface area contributed by atoms with Crippen LogP contribution < -0.4 is 0 Å². The first-order valence-electron chi connectivity index (χ1n) is 4.94. The Bertz CT molecular complexity index is 233. The molecule has 1 heterocycles. The zero-order valence-corrected chi connectivity index (χ0v) is 8.93. The molecule has 0 radical (unpaired) electrons. The van der Waals surface area contributed by atoms with E-state index in [9.17, 15) is 0 Å². The molecule has 0 atom stereocenters. The second-order valence-electron chi connectivity index (χ2n) is 3.23. The van der Waals surface area contributed by atoms with Crippen LogP contribution in [0, 0.1) is 0 Å². The third-order valence-electron chi connectivity index (χ3n) is 2.17. The van der Waals surface area contributed by atoms with Gasteiger partial charge in [-0.15, -0.1) is 11.6 Å². The first kappa shape index (κ1) is 10.6. The van der Waals surface area contributed by atoms with Gasteiger partial charge in [0, 0.05) is 18.9 Å². The Morgan fingerprint density at radius 1 is 1.38 bits per heavy atom. The minimum atomic E-state index is 0.515. The van der Waals surface area contributed by atoms with E-state index >= 15 is 0 Å². The van der Waals surface area contributed by atoms with E-state index in [-0.39, 0.29) is 0 Å². The standard InChI is InChI=1S/C10H17ClN2/c1-2-3-4-5-7-13-8-6-12-10(13)9-11/h6,8H,2-5,7,9H2,1H3. The average molecular weight is 201 g/mol. The zero-order chi connectivity index (χ0) is 9.52. The van der Waals surface area contributed by atoms with Gasteiger partial charge in [0.1, 0.15) is 5.82 Å². The summed E-state index contributed by atoms with van der Waals surface area (Å²) in [5.74, 6) is 1.50. The van der Waals surface area contributed by atoms with Gasteiger partial charge in [-0.25, -0.2) is 4.98 Å². The minimum Gasteiger partial charge on any atom is -0.334 e. The van der Waals surface area contributed by atoms with Gasteiger partial charge in [-0.05, 0) is 6.42 Å². The molecule has 0 unspecified atom stereocenters. The van der Waals surface area contributed by atoms with E-state index in [2.05, 4.69) is 16.5 Å². The summed E-state index contributed by atoms with van der Waals surface area (Å²) >= 11 is 5.73. The van der Waals surface area contributed by atoms with E-state index in [0.29, 0.717) is 5.88 Å². The number of halogens is 1. The van der Waals surface area contributed by atoms with Crippen LogP contribution in [0.3, 0.4) is 0 Å². The number of aryl methyl sites for hydroxylation is 1. The molecule has 0 N–H and O–H groups in total. The van der Waals surface area contributed by atoms with Crippen LogP contribution in [-0.2, 0) is 12.4 Å². The molecule has 1 aromatic heterocycles. The fourth-order valence-electron chi connectivity index (χ4n) is 1.38. The fourth-order valence-corrected chi connectivity index (χ4v) is 1.61. The molecular formula is C10H17ClN2. The van der Waals surface area contributed by atoms with E-state index in [0.717, 1.165) is 12.4 Å². The smallest absolute Gasteiger partial charge is 0.123 e. The summed E-state index contributed by atoms with van der Waals surface area (Å²) in [6, 6.07) is 0. The van der Waals surface area contributed by atoms with Crippen molar-refractivity contribution in [1.82, 2.24) is 9.55 Å². The molecule has 1 rings (SSSR count). The summed E-state index contributed by atoms with van der Waals surface area (Å²) in [5.41, 5.74) is 0. The van der Waals surface area contributed by atoms with Crippen molar-refractivity contribution in [1.29, 1.82) is 0 Å². The van der Waals surface area contributed by atoms with Crippen molar-refractivity contribution in [3.05, 3.63) is 18.2 Å². The first-order chi connectivity index (χ1) is 6.38. The Balaban J connectivity index is 2.27. The third-order valence-corrected chi connectivity index (χ3v) is 2.41. The maximum Gasteiger partial charge on any atom is 0.123 e. The Labute approximate surface area is 84.9 Å². The maximum absolute atomic E-state index is 5.73. The lowest BCUT2D eigenvalue weighted by molar-refractivity contribution is 0.571. The van der Waals surface area contributed by atoms with Gasteiger partial charge < -0.3 is 4.57 Å². The normalized spacial score (nSPS) is 10.6. The average Bonchev–Trinajstić information content (AvgIpc) is 2.60. The van der Waals surface area contributed by atoms with Crippen molar-refractivity contribution in [2.75, 3.05) is 0 Å². The summed E-state index contributed by atoms with van der Waals surface area (Å²) in [6.07, 6.45) is 8.96. The van der Waals surface area contributed by atoms with Gasteiger partial charge in [0.05, 0.1) is 5.88 Å². The summed E-state index contributed by atoms with van der Waals surface area (Å²) in [7, 11) is 0. The molecule has 0 spiro atoms. The molecule has 74 valence electrons. The molecule has 0 saturated heterocycles. The van der Waals surface area contributed by atoms with Crippen molar-refractivity contribution in [3.63, 3.8) is 0 Å². The number of hydrogen-bond donors (Lipinski definition) is 0. The molecule has 3 heteroatoms. The van der Waals surface area contributed by atoms with Crippen molar-refractivity contribution in [3.8, 4) is 0 Å². The topological polar surface area (TPSA) is 17.8 Å². The fraction of sp³-hybridized carbons (Fsp3) is 0.700. The number of nitrogens with zero attached hydrogens (tertiary/aromatic N) is 2. The number of rotatable bonds is 6. The molecular weight excluding hydrogens is 184 g/mol. The Hall–Kier alpha value is -0.500. The molecule has 2 nitrogen and oxygen atoms in total. The molecule has 0 aromatic carbocycles. The highest BCUT2D eigenvalue weighted by Crippen LogP contribution is 2.06. The summed E-state index contributed by atoms with van der Waals surface area (Å²) in [5, 5.41) is 0. The van der Waals surface area contributed by atoms with Crippen LogP contribution in [0.1, 0.15) is 38.4 Å². The molecule has 0 aliphatic rings. The number of hydrogen-bond acceptors (Lipinski definition) is 1. The molecule has 0 aliphatic carbocycles. The van der Waals surface area contributed by atoms with Crippen molar-refractivity contribution in [2.45, 2.75) is 45.0 Å². The molecule has 1 aromatic rings. The Kier molecular flexibility index (Phi) is 4.91. The quantitative estimate of drug-likeness (QED) is 0.510. The van der Waals surface area contributed by atoms with E-state index in [1.807, 2.05) is 12.4 Å². The van der Waals surface area contributed by atoms with Crippen molar-refractivity contribution >= 4 is 11.6 Å². The van der Waals surface area contributed by atoms with Crippen molar-refractivity contribution < 1.29 is 0 Å². The highest BCUT2D eigenvalue weighted by atomic mass is 35.5. The van der Waals surface area contributed by atoms with Crippen LogP contribution in [0.4, 0.5) is 0 Å². The molecule has 0 aliphatic heterocycles. The van der Waals surface area contributed by atoms with Crippen molar-refractivity contribution in [2.24, 2.45) is 0 Å². The maximum atomic E-state index is 5.73. The van der Waals surface area contributed by atoms with Crippen LogP contribution in [0.5, 0.6) is 0 Å².